The predicted octanol–water partition coefficient (Wildman–Crippen LogP) is 2.10. The third kappa shape index (κ3) is 2.11. The van der Waals surface area contributed by atoms with Gasteiger partial charge in [0, 0.05) is 5.69 Å². The van der Waals surface area contributed by atoms with Crippen LogP contribution in [0.4, 0.5) is 10.5 Å². The van der Waals surface area contributed by atoms with Crippen molar-refractivity contribution in [3.63, 3.8) is 0 Å². The fraction of sp³-hybridized carbons (Fsp3) is 0.222. The Hall–Kier alpha value is -1.71. The van der Waals surface area contributed by atoms with E-state index >= 15 is 0 Å². The molecule has 0 aliphatic rings. The molecule has 4 nitrogen and oxygen atoms in total. The highest BCUT2D eigenvalue weighted by Crippen LogP contribution is 2.24. The van der Waals surface area contributed by atoms with Gasteiger partial charge in [0.15, 0.2) is 0 Å². The van der Waals surface area contributed by atoms with Gasteiger partial charge in [-0.15, -0.1) is 0 Å². The SMILES string of the molecule is Cc1cc(NC(=O)O)c(C)cc1O. The summed E-state index contributed by atoms with van der Waals surface area (Å²) in [5.74, 6) is 0.174. The number of benzene rings is 1. The van der Waals surface area contributed by atoms with Crippen LogP contribution >= 0.6 is 0 Å². The Morgan fingerprint density at radius 3 is 2.46 bits per heavy atom. The Balaban J connectivity index is 3.08. The molecule has 0 heterocycles. The van der Waals surface area contributed by atoms with Gasteiger partial charge in [-0.2, -0.15) is 0 Å². The maximum Gasteiger partial charge on any atom is 0.409 e. The number of aryl methyl sites for hydroxylation is 2. The molecule has 0 spiro atoms. The van der Waals surface area contributed by atoms with Crippen molar-refractivity contribution >= 4 is 11.8 Å². The van der Waals surface area contributed by atoms with E-state index in [0.717, 1.165) is 0 Å². The number of aromatic hydroxyl groups is 1. The molecule has 70 valence electrons. The molecule has 4 heteroatoms. The molecular formula is C9H11NO3. The number of phenolic OH excluding ortho intramolecular Hbond substituents is 1. The zero-order valence-electron chi connectivity index (χ0n) is 7.46. The molecule has 13 heavy (non-hydrogen) atoms. The van der Waals surface area contributed by atoms with Gasteiger partial charge in [0.05, 0.1) is 0 Å². The summed E-state index contributed by atoms with van der Waals surface area (Å²) in [6.45, 7) is 3.44. The summed E-state index contributed by atoms with van der Waals surface area (Å²) in [4.78, 5) is 10.3. The average molecular weight is 181 g/mol. The average Bonchev–Trinajstić information content (AvgIpc) is 1.99. The monoisotopic (exact) mass is 181 g/mol. The van der Waals surface area contributed by atoms with Crippen molar-refractivity contribution in [1.82, 2.24) is 0 Å². The van der Waals surface area contributed by atoms with E-state index in [-0.39, 0.29) is 5.75 Å². The van der Waals surface area contributed by atoms with Crippen molar-refractivity contribution in [2.45, 2.75) is 13.8 Å². The summed E-state index contributed by atoms with van der Waals surface area (Å²) in [5, 5.41) is 20.0. The van der Waals surface area contributed by atoms with Crippen LogP contribution in [0.1, 0.15) is 11.1 Å². The zero-order chi connectivity index (χ0) is 10.0. The lowest BCUT2D eigenvalue weighted by Crippen LogP contribution is -2.08. The van der Waals surface area contributed by atoms with Gasteiger partial charge in [-0.3, -0.25) is 5.32 Å². The number of hydrogen-bond donors (Lipinski definition) is 3. The standard InChI is InChI=1S/C9H11NO3/c1-5-4-8(11)6(2)3-7(5)10-9(12)13/h3-4,10-11H,1-2H3,(H,12,13). The first-order valence-corrected chi connectivity index (χ1v) is 3.81. The van der Waals surface area contributed by atoms with Gasteiger partial charge in [0.2, 0.25) is 0 Å². The molecule has 1 aromatic rings. The fourth-order valence-electron chi connectivity index (χ4n) is 1.05. The molecule has 3 N–H and O–H groups in total. The molecule has 0 saturated carbocycles. The number of rotatable bonds is 1. The summed E-state index contributed by atoms with van der Waals surface area (Å²) in [6.07, 6.45) is -1.10. The summed E-state index contributed by atoms with van der Waals surface area (Å²) in [5.41, 5.74) is 1.85. The maximum atomic E-state index is 10.3. The smallest absolute Gasteiger partial charge is 0.409 e. The zero-order valence-corrected chi connectivity index (χ0v) is 7.46. The number of carboxylic acid groups (broad SMARTS) is 1. The normalized spacial score (nSPS) is 9.69. The molecule has 0 fully saturated rings. The van der Waals surface area contributed by atoms with Crippen LogP contribution in [0.15, 0.2) is 12.1 Å². The topological polar surface area (TPSA) is 69.6 Å². The van der Waals surface area contributed by atoms with Crippen LogP contribution < -0.4 is 5.32 Å². The number of carbonyl (C=O) groups is 1. The number of anilines is 1. The lowest BCUT2D eigenvalue weighted by atomic mass is 10.1. The van der Waals surface area contributed by atoms with Crippen LogP contribution in [0, 0.1) is 13.8 Å². The summed E-state index contributed by atoms with van der Waals surface area (Å²) >= 11 is 0. The number of hydrogen-bond acceptors (Lipinski definition) is 2. The summed E-state index contributed by atoms with van der Waals surface area (Å²) in [6, 6.07) is 3.12. The highest BCUT2D eigenvalue weighted by molar-refractivity contribution is 5.84. The second-order valence-electron chi connectivity index (χ2n) is 2.88. The first kappa shape index (κ1) is 9.38. The number of amides is 1. The Morgan fingerprint density at radius 1 is 1.31 bits per heavy atom. The summed E-state index contributed by atoms with van der Waals surface area (Å²) in [7, 11) is 0. The van der Waals surface area contributed by atoms with Crippen molar-refractivity contribution in [3.05, 3.63) is 23.3 Å². The van der Waals surface area contributed by atoms with Crippen molar-refractivity contribution in [3.8, 4) is 5.75 Å². The first-order chi connectivity index (χ1) is 6.00. The Morgan fingerprint density at radius 2 is 1.92 bits per heavy atom. The summed E-state index contributed by atoms with van der Waals surface area (Å²) < 4.78 is 0. The van der Waals surface area contributed by atoms with E-state index in [1.165, 1.54) is 6.07 Å². The lowest BCUT2D eigenvalue weighted by Gasteiger charge is -2.07. The van der Waals surface area contributed by atoms with Gasteiger partial charge < -0.3 is 10.2 Å². The highest BCUT2D eigenvalue weighted by atomic mass is 16.4. The molecule has 0 radical (unpaired) electrons. The second kappa shape index (κ2) is 3.35. The minimum atomic E-state index is -1.10. The van der Waals surface area contributed by atoms with E-state index in [1.807, 2.05) is 0 Å². The largest absolute Gasteiger partial charge is 0.508 e. The number of nitrogens with one attached hydrogen (secondary N) is 1. The third-order valence-electron chi connectivity index (χ3n) is 1.78. The molecular weight excluding hydrogens is 170 g/mol. The molecule has 0 aliphatic heterocycles. The van der Waals surface area contributed by atoms with Crippen molar-refractivity contribution < 1.29 is 15.0 Å². The van der Waals surface area contributed by atoms with E-state index in [4.69, 9.17) is 5.11 Å². The molecule has 1 rings (SSSR count). The van der Waals surface area contributed by atoms with Crippen LogP contribution in [0.5, 0.6) is 5.75 Å². The Bertz CT molecular complexity index is 347. The fourth-order valence-corrected chi connectivity index (χ4v) is 1.05. The van der Waals surface area contributed by atoms with Gasteiger partial charge in [-0.25, -0.2) is 4.79 Å². The maximum absolute atomic E-state index is 10.3. The second-order valence-corrected chi connectivity index (χ2v) is 2.88. The first-order valence-electron chi connectivity index (χ1n) is 3.81. The Kier molecular flexibility index (Phi) is 2.41. The van der Waals surface area contributed by atoms with E-state index in [9.17, 15) is 9.90 Å². The predicted molar refractivity (Wildman–Crippen MR) is 49.2 cm³/mol. The van der Waals surface area contributed by atoms with Crippen molar-refractivity contribution in [2.75, 3.05) is 5.32 Å². The quantitative estimate of drug-likeness (QED) is 0.581. The van der Waals surface area contributed by atoms with Crippen LogP contribution in [0.3, 0.4) is 0 Å². The third-order valence-corrected chi connectivity index (χ3v) is 1.78. The van der Waals surface area contributed by atoms with E-state index < -0.39 is 6.09 Å². The van der Waals surface area contributed by atoms with Crippen molar-refractivity contribution in [2.24, 2.45) is 0 Å². The van der Waals surface area contributed by atoms with Crippen LogP contribution in [0.25, 0.3) is 0 Å². The van der Waals surface area contributed by atoms with Gasteiger partial charge in [-0.1, -0.05) is 0 Å². The van der Waals surface area contributed by atoms with E-state index in [0.29, 0.717) is 16.8 Å². The highest BCUT2D eigenvalue weighted by Gasteiger charge is 2.05. The minimum absolute atomic E-state index is 0.174. The molecule has 1 amide bonds. The molecule has 0 aromatic heterocycles. The molecule has 0 unspecified atom stereocenters. The molecule has 0 aliphatic carbocycles. The van der Waals surface area contributed by atoms with Crippen LogP contribution in [-0.2, 0) is 0 Å². The Labute approximate surface area is 75.8 Å². The molecule has 1 aromatic carbocycles. The lowest BCUT2D eigenvalue weighted by molar-refractivity contribution is 0.209. The molecule has 0 saturated heterocycles. The molecule has 0 bridgehead atoms. The minimum Gasteiger partial charge on any atom is -0.508 e. The van der Waals surface area contributed by atoms with Gasteiger partial charge >= 0.3 is 6.09 Å². The van der Waals surface area contributed by atoms with Crippen LogP contribution in [0.2, 0.25) is 0 Å². The van der Waals surface area contributed by atoms with Gasteiger partial charge in [-0.05, 0) is 37.1 Å². The van der Waals surface area contributed by atoms with Gasteiger partial charge in [0.25, 0.3) is 0 Å². The number of phenols is 1. The van der Waals surface area contributed by atoms with Crippen LogP contribution in [-0.4, -0.2) is 16.3 Å². The van der Waals surface area contributed by atoms with E-state index in [1.54, 1.807) is 19.9 Å². The van der Waals surface area contributed by atoms with Gasteiger partial charge in [0.1, 0.15) is 5.75 Å². The van der Waals surface area contributed by atoms with E-state index in [2.05, 4.69) is 5.32 Å². The van der Waals surface area contributed by atoms with Crippen molar-refractivity contribution in [1.29, 1.82) is 0 Å². The molecule has 0 atom stereocenters.